The van der Waals surface area contributed by atoms with Crippen LogP contribution in [0.1, 0.15) is 29.4 Å². The lowest BCUT2D eigenvalue weighted by molar-refractivity contribution is -0.118. The number of benzene rings is 1. The minimum Gasteiger partial charge on any atom is -0.355 e. The number of para-hydroxylation sites is 1. The fourth-order valence-electron chi connectivity index (χ4n) is 4.14. The largest absolute Gasteiger partial charge is 0.355 e. The number of nitrogens with zero attached hydrogens (tertiary/aromatic N) is 5. The van der Waals surface area contributed by atoms with E-state index in [0.717, 1.165) is 40.6 Å². The first kappa shape index (κ1) is 23.7. The number of hydrogen-bond donors (Lipinski definition) is 1. The second-order valence-corrected chi connectivity index (χ2v) is 9.58. The summed E-state index contributed by atoms with van der Waals surface area (Å²) in [4.78, 5) is 12.5. The van der Waals surface area contributed by atoms with E-state index in [1.165, 1.54) is 0 Å². The lowest BCUT2D eigenvalue weighted by Crippen LogP contribution is -2.30. The molecule has 8 nitrogen and oxygen atoms in total. The van der Waals surface area contributed by atoms with E-state index in [1.807, 2.05) is 82.6 Å². The minimum absolute atomic E-state index is 0.0478. The molecule has 1 N–H and O–H groups in total. The highest BCUT2D eigenvalue weighted by atomic mass is 32.2. The smallest absolute Gasteiger partial charge is 0.232 e. The van der Waals surface area contributed by atoms with E-state index < -0.39 is 10.8 Å². The molecule has 0 bridgehead atoms. The van der Waals surface area contributed by atoms with Crippen molar-refractivity contribution in [3.05, 3.63) is 83.6 Å². The van der Waals surface area contributed by atoms with Crippen molar-refractivity contribution in [2.75, 3.05) is 12.3 Å². The van der Waals surface area contributed by atoms with Crippen molar-refractivity contribution in [3.8, 4) is 11.5 Å². The molecule has 0 unspecified atom stereocenters. The second-order valence-electron chi connectivity index (χ2n) is 8.12. The van der Waals surface area contributed by atoms with Crippen LogP contribution in [0.3, 0.4) is 0 Å². The van der Waals surface area contributed by atoms with Crippen LogP contribution in [0.15, 0.2) is 61.1 Å². The first-order valence-corrected chi connectivity index (χ1v) is 12.9. The molecule has 0 saturated heterocycles. The van der Waals surface area contributed by atoms with Crippen LogP contribution in [-0.2, 0) is 34.3 Å². The number of carbonyl (C=O) groups is 1. The van der Waals surface area contributed by atoms with Crippen LogP contribution >= 0.6 is 0 Å². The van der Waals surface area contributed by atoms with Gasteiger partial charge >= 0.3 is 0 Å². The number of aryl methyl sites for hydroxylation is 2. The molecule has 1 amide bonds. The topological polar surface area (TPSA) is 86.7 Å². The normalized spacial score (nSPS) is 12.1. The van der Waals surface area contributed by atoms with Gasteiger partial charge < -0.3 is 9.88 Å². The van der Waals surface area contributed by atoms with Crippen molar-refractivity contribution in [2.24, 2.45) is 0 Å². The summed E-state index contributed by atoms with van der Waals surface area (Å²) >= 11 is 0. The average molecular weight is 479 g/mol. The average Bonchev–Trinajstić information content (AvgIpc) is 3.55. The summed E-state index contributed by atoms with van der Waals surface area (Å²) in [6, 6.07) is 13.7. The Morgan fingerprint density at radius 1 is 1.09 bits per heavy atom. The number of rotatable bonds is 10. The maximum absolute atomic E-state index is 12.9. The molecule has 0 spiro atoms. The van der Waals surface area contributed by atoms with Gasteiger partial charge in [-0.3, -0.25) is 13.7 Å². The number of nitrogens with one attached hydrogen (secondary N) is 1. The van der Waals surface area contributed by atoms with Crippen molar-refractivity contribution in [3.63, 3.8) is 0 Å². The van der Waals surface area contributed by atoms with Crippen LogP contribution in [-0.4, -0.2) is 46.5 Å². The van der Waals surface area contributed by atoms with Gasteiger partial charge in [-0.1, -0.05) is 18.2 Å². The SMILES string of the molecule is CCn1nc(C)c(CCNC(=O)C[S@@](=O)Cc2cnn(-c3ccccc3)c2-n2cccc2)c1C. The van der Waals surface area contributed by atoms with Crippen LogP contribution in [0.4, 0.5) is 0 Å². The Labute approximate surface area is 202 Å². The van der Waals surface area contributed by atoms with Gasteiger partial charge in [-0.25, -0.2) is 4.68 Å². The van der Waals surface area contributed by atoms with Gasteiger partial charge in [0.2, 0.25) is 5.91 Å². The van der Waals surface area contributed by atoms with E-state index in [4.69, 9.17) is 0 Å². The monoisotopic (exact) mass is 478 g/mol. The standard InChI is InChI=1S/C25H30N6O2S/c1-4-30-20(3)23(19(2)28-30)12-13-26-24(32)18-34(33)17-21-16-27-31(22-10-6-5-7-11-22)25(21)29-14-8-9-15-29/h5-11,14-16H,4,12-13,17-18H2,1-3H3,(H,26,32)/t34-/m0/s1. The molecule has 178 valence electrons. The lowest BCUT2D eigenvalue weighted by Gasteiger charge is -2.11. The van der Waals surface area contributed by atoms with Crippen LogP contribution in [0.25, 0.3) is 11.5 Å². The highest BCUT2D eigenvalue weighted by Crippen LogP contribution is 2.21. The summed E-state index contributed by atoms with van der Waals surface area (Å²) in [5, 5.41) is 12.0. The quantitative estimate of drug-likeness (QED) is 0.379. The first-order valence-electron chi connectivity index (χ1n) is 11.4. The third-order valence-corrected chi connectivity index (χ3v) is 7.02. The molecule has 0 fully saturated rings. The Morgan fingerprint density at radius 2 is 1.82 bits per heavy atom. The number of carbonyl (C=O) groups excluding carboxylic acids is 1. The van der Waals surface area contributed by atoms with Gasteiger partial charge in [0.1, 0.15) is 11.6 Å². The number of aromatic nitrogens is 5. The number of amides is 1. The fraction of sp³-hybridized carbons (Fsp3) is 0.320. The van der Waals surface area contributed by atoms with E-state index in [0.29, 0.717) is 13.0 Å². The van der Waals surface area contributed by atoms with Gasteiger partial charge in [0.05, 0.1) is 23.3 Å². The molecule has 0 aliphatic heterocycles. The maximum atomic E-state index is 12.9. The molecular weight excluding hydrogens is 448 g/mol. The molecule has 34 heavy (non-hydrogen) atoms. The van der Waals surface area contributed by atoms with E-state index in [1.54, 1.807) is 6.20 Å². The molecule has 9 heteroatoms. The summed E-state index contributed by atoms with van der Waals surface area (Å²) in [6.45, 7) is 7.42. The highest BCUT2D eigenvalue weighted by Gasteiger charge is 2.18. The van der Waals surface area contributed by atoms with Crippen LogP contribution in [0.5, 0.6) is 0 Å². The molecule has 1 aromatic carbocycles. The van der Waals surface area contributed by atoms with E-state index >= 15 is 0 Å². The lowest BCUT2D eigenvalue weighted by atomic mass is 10.1. The molecule has 0 saturated carbocycles. The van der Waals surface area contributed by atoms with Crippen LogP contribution in [0, 0.1) is 13.8 Å². The number of hydrogen-bond acceptors (Lipinski definition) is 4. The van der Waals surface area contributed by atoms with Gasteiger partial charge in [0.15, 0.2) is 0 Å². The van der Waals surface area contributed by atoms with E-state index in [-0.39, 0.29) is 17.4 Å². The summed E-state index contributed by atoms with van der Waals surface area (Å²) < 4.78 is 18.6. The fourth-order valence-corrected chi connectivity index (χ4v) is 5.19. The highest BCUT2D eigenvalue weighted by molar-refractivity contribution is 7.84. The Hall–Kier alpha value is -3.46. The predicted molar refractivity (Wildman–Crippen MR) is 134 cm³/mol. The maximum Gasteiger partial charge on any atom is 0.232 e. The summed E-state index contributed by atoms with van der Waals surface area (Å²) in [5.74, 6) is 0.807. The predicted octanol–water partition coefficient (Wildman–Crippen LogP) is 3.10. The zero-order chi connectivity index (χ0) is 24.1. The van der Waals surface area contributed by atoms with Gasteiger partial charge in [-0.2, -0.15) is 10.2 Å². The molecule has 1 atom stereocenters. The second kappa shape index (κ2) is 10.6. The van der Waals surface area contributed by atoms with Crippen molar-refractivity contribution < 1.29 is 9.00 Å². The molecule has 0 aliphatic rings. The van der Waals surface area contributed by atoms with Gasteiger partial charge in [0, 0.05) is 47.5 Å². The van der Waals surface area contributed by atoms with E-state index in [9.17, 15) is 9.00 Å². The van der Waals surface area contributed by atoms with Crippen LogP contribution < -0.4 is 5.32 Å². The Morgan fingerprint density at radius 3 is 2.50 bits per heavy atom. The molecule has 3 aromatic heterocycles. The summed E-state index contributed by atoms with van der Waals surface area (Å²) in [5.41, 5.74) is 5.02. The molecule has 3 heterocycles. The third kappa shape index (κ3) is 5.20. The zero-order valence-corrected chi connectivity index (χ0v) is 20.6. The van der Waals surface area contributed by atoms with Crippen molar-refractivity contribution in [2.45, 2.75) is 39.5 Å². The zero-order valence-electron chi connectivity index (χ0n) is 19.8. The minimum atomic E-state index is -1.37. The summed E-state index contributed by atoms with van der Waals surface area (Å²) in [6.07, 6.45) is 6.30. The molecule has 0 radical (unpaired) electrons. The van der Waals surface area contributed by atoms with Gasteiger partial charge in [-0.15, -0.1) is 0 Å². The molecular formula is C25H30N6O2S. The third-order valence-electron chi connectivity index (χ3n) is 5.80. The van der Waals surface area contributed by atoms with Crippen molar-refractivity contribution in [1.82, 2.24) is 29.4 Å². The van der Waals surface area contributed by atoms with E-state index in [2.05, 4.69) is 22.4 Å². The van der Waals surface area contributed by atoms with Crippen molar-refractivity contribution in [1.29, 1.82) is 0 Å². The Bertz CT molecular complexity index is 1270. The Balaban J connectivity index is 1.39. The van der Waals surface area contributed by atoms with Crippen LogP contribution in [0.2, 0.25) is 0 Å². The molecule has 4 aromatic rings. The first-order chi connectivity index (χ1) is 16.5. The van der Waals surface area contributed by atoms with Gasteiger partial charge in [-0.05, 0) is 57.0 Å². The summed E-state index contributed by atoms with van der Waals surface area (Å²) in [7, 11) is -1.37. The van der Waals surface area contributed by atoms with Gasteiger partial charge in [0.25, 0.3) is 0 Å². The Kier molecular flexibility index (Phi) is 7.42. The molecule has 0 aliphatic carbocycles. The van der Waals surface area contributed by atoms with Crippen molar-refractivity contribution >= 4 is 16.7 Å². The molecule has 4 rings (SSSR count).